The zero-order valence-electron chi connectivity index (χ0n) is 11.3. The van der Waals surface area contributed by atoms with E-state index in [1.807, 2.05) is 6.20 Å². The molecule has 3 rings (SSSR count). The number of aromatic nitrogens is 1. The van der Waals surface area contributed by atoms with Crippen LogP contribution in [0.25, 0.3) is 0 Å². The molecule has 2 nitrogen and oxygen atoms in total. The van der Waals surface area contributed by atoms with Crippen molar-refractivity contribution in [2.75, 3.05) is 6.54 Å². The molecule has 2 unspecified atom stereocenters. The predicted molar refractivity (Wildman–Crippen MR) is 80.7 cm³/mol. The fraction of sp³-hybridized carbons (Fsp3) is 0.438. The molecule has 1 aliphatic carbocycles. The lowest BCUT2D eigenvalue weighted by molar-refractivity contribution is 0.438. The van der Waals surface area contributed by atoms with Gasteiger partial charge in [0.15, 0.2) is 0 Å². The number of aryl methyl sites for hydroxylation is 1. The van der Waals surface area contributed by atoms with Gasteiger partial charge in [-0.05, 0) is 59.8 Å². The number of nitrogens with zero attached hydrogens (tertiary/aromatic N) is 1. The Hall–Kier alpha value is -1.19. The van der Waals surface area contributed by atoms with Gasteiger partial charge in [-0.1, -0.05) is 13.0 Å². The van der Waals surface area contributed by atoms with Crippen molar-refractivity contribution in [1.29, 1.82) is 0 Å². The van der Waals surface area contributed by atoms with Crippen molar-refractivity contribution in [2.24, 2.45) is 0 Å². The van der Waals surface area contributed by atoms with Gasteiger partial charge < -0.3 is 5.32 Å². The first-order chi connectivity index (χ1) is 9.40. The van der Waals surface area contributed by atoms with Gasteiger partial charge in [-0.25, -0.2) is 0 Å². The minimum Gasteiger partial charge on any atom is -0.309 e. The average Bonchev–Trinajstić information content (AvgIpc) is 3.09. The molecule has 2 heterocycles. The molecule has 1 N–H and O–H groups in total. The van der Waals surface area contributed by atoms with E-state index < -0.39 is 0 Å². The quantitative estimate of drug-likeness (QED) is 0.892. The van der Waals surface area contributed by atoms with Crippen LogP contribution in [0.3, 0.4) is 0 Å². The molecule has 19 heavy (non-hydrogen) atoms. The van der Waals surface area contributed by atoms with Gasteiger partial charge in [-0.3, -0.25) is 4.98 Å². The molecule has 1 aliphatic rings. The lowest BCUT2D eigenvalue weighted by atomic mass is 9.92. The minimum atomic E-state index is 0.419. The van der Waals surface area contributed by atoms with Crippen LogP contribution in [0.4, 0.5) is 0 Å². The van der Waals surface area contributed by atoms with E-state index in [-0.39, 0.29) is 0 Å². The van der Waals surface area contributed by atoms with E-state index in [9.17, 15) is 0 Å². The van der Waals surface area contributed by atoms with Crippen LogP contribution >= 0.6 is 11.3 Å². The Kier molecular flexibility index (Phi) is 3.95. The maximum atomic E-state index is 4.64. The summed E-state index contributed by atoms with van der Waals surface area (Å²) in [5.41, 5.74) is 4.16. The fourth-order valence-corrected chi connectivity index (χ4v) is 3.71. The summed E-state index contributed by atoms with van der Waals surface area (Å²) in [6.07, 6.45) is 5.48. The first-order valence-electron chi connectivity index (χ1n) is 7.09. The van der Waals surface area contributed by atoms with Crippen LogP contribution in [-0.2, 0) is 6.42 Å². The number of nitrogens with one attached hydrogen (secondary N) is 1. The molecule has 0 saturated heterocycles. The monoisotopic (exact) mass is 272 g/mol. The zero-order chi connectivity index (χ0) is 13.1. The van der Waals surface area contributed by atoms with Gasteiger partial charge in [-0.15, -0.1) is 0 Å². The van der Waals surface area contributed by atoms with Crippen molar-refractivity contribution >= 4 is 11.3 Å². The van der Waals surface area contributed by atoms with Crippen LogP contribution in [0.1, 0.15) is 48.5 Å². The first-order valence-corrected chi connectivity index (χ1v) is 8.03. The highest BCUT2D eigenvalue weighted by molar-refractivity contribution is 7.07. The summed E-state index contributed by atoms with van der Waals surface area (Å²) < 4.78 is 0. The lowest BCUT2D eigenvalue weighted by Gasteiger charge is -2.24. The molecular formula is C16H20N2S. The molecule has 0 bridgehead atoms. The summed E-state index contributed by atoms with van der Waals surface area (Å²) in [6, 6.07) is 6.95. The highest BCUT2D eigenvalue weighted by Gasteiger charge is 2.31. The Labute approximate surface area is 118 Å². The van der Waals surface area contributed by atoms with E-state index in [0.29, 0.717) is 12.0 Å². The number of hydrogen-bond acceptors (Lipinski definition) is 3. The normalized spacial score (nSPS) is 19.3. The van der Waals surface area contributed by atoms with Crippen LogP contribution in [0, 0.1) is 0 Å². The molecule has 0 spiro atoms. The summed E-state index contributed by atoms with van der Waals surface area (Å²) in [7, 11) is 0. The highest BCUT2D eigenvalue weighted by Crippen LogP contribution is 2.40. The second kappa shape index (κ2) is 5.85. The minimum absolute atomic E-state index is 0.419. The van der Waals surface area contributed by atoms with E-state index in [1.165, 1.54) is 36.1 Å². The molecule has 0 aliphatic heterocycles. The van der Waals surface area contributed by atoms with Gasteiger partial charge in [0.2, 0.25) is 0 Å². The number of pyridine rings is 1. The van der Waals surface area contributed by atoms with Crippen molar-refractivity contribution in [2.45, 2.75) is 38.1 Å². The number of rotatable bonds is 5. The largest absolute Gasteiger partial charge is 0.309 e. The topological polar surface area (TPSA) is 24.9 Å². The summed E-state index contributed by atoms with van der Waals surface area (Å²) in [5.74, 6) is 0.525. The second-order valence-electron chi connectivity index (χ2n) is 5.18. The molecular weight excluding hydrogens is 252 g/mol. The Bertz CT molecular complexity index is 521. The van der Waals surface area contributed by atoms with Crippen LogP contribution in [0.2, 0.25) is 0 Å². The molecule has 0 amide bonds. The molecule has 3 heteroatoms. The third-order valence-corrected chi connectivity index (χ3v) is 4.62. The van der Waals surface area contributed by atoms with Crippen LogP contribution < -0.4 is 5.32 Å². The summed E-state index contributed by atoms with van der Waals surface area (Å²) >= 11 is 1.78. The third kappa shape index (κ3) is 2.58. The smallest absolute Gasteiger partial charge is 0.0485 e. The van der Waals surface area contributed by atoms with Crippen LogP contribution in [0.15, 0.2) is 35.2 Å². The zero-order valence-corrected chi connectivity index (χ0v) is 12.1. The molecule has 0 aromatic carbocycles. The van der Waals surface area contributed by atoms with E-state index in [0.717, 1.165) is 6.54 Å². The predicted octanol–water partition coefficient (Wildman–Crippen LogP) is 3.91. The van der Waals surface area contributed by atoms with Crippen molar-refractivity contribution in [3.8, 4) is 0 Å². The van der Waals surface area contributed by atoms with E-state index in [1.54, 1.807) is 11.3 Å². The van der Waals surface area contributed by atoms with Gasteiger partial charge in [0.25, 0.3) is 0 Å². The molecule has 100 valence electrons. The maximum absolute atomic E-state index is 4.64. The Morgan fingerprint density at radius 1 is 1.47 bits per heavy atom. The molecule has 2 aromatic heterocycles. The lowest BCUT2D eigenvalue weighted by Crippen LogP contribution is -2.27. The van der Waals surface area contributed by atoms with Crippen molar-refractivity contribution in [3.05, 3.63) is 52.0 Å². The Morgan fingerprint density at radius 3 is 3.21 bits per heavy atom. The highest BCUT2D eigenvalue weighted by atomic mass is 32.1. The fourth-order valence-electron chi connectivity index (χ4n) is 3.01. The van der Waals surface area contributed by atoms with Gasteiger partial charge in [0, 0.05) is 23.9 Å². The standard InChI is InChI=1S/C16H20N2S/c1-2-8-17-16(13-7-10-19-11-13)14-6-5-12-4-3-9-18-15(12)14/h3-4,7,9-11,14,16-17H,2,5-6,8H2,1H3. The molecule has 0 saturated carbocycles. The number of thiophene rings is 1. The van der Waals surface area contributed by atoms with E-state index in [4.69, 9.17) is 0 Å². The molecule has 0 fully saturated rings. The van der Waals surface area contributed by atoms with Crippen molar-refractivity contribution in [3.63, 3.8) is 0 Å². The summed E-state index contributed by atoms with van der Waals surface area (Å²) in [6.45, 7) is 3.29. The first kappa shape index (κ1) is 12.8. The third-order valence-electron chi connectivity index (χ3n) is 3.92. The van der Waals surface area contributed by atoms with Gasteiger partial charge in [-0.2, -0.15) is 11.3 Å². The second-order valence-corrected chi connectivity index (χ2v) is 5.96. The molecule has 2 atom stereocenters. The van der Waals surface area contributed by atoms with Gasteiger partial charge in [0.1, 0.15) is 0 Å². The van der Waals surface area contributed by atoms with E-state index >= 15 is 0 Å². The Balaban J connectivity index is 1.89. The number of hydrogen-bond donors (Lipinski definition) is 1. The average molecular weight is 272 g/mol. The SMILES string of the molecule is CCCNC(c1ccsc1)C1CCc2cccnc21. The maximum Gasteiger partial charge on any atom is 0.0485 e. The van der Waals surface area contributed by atoms with Gasteiger partial charge in [0.05, 0.1) is 0 Å². The summed E-state index contributed by atoms with van der Waals surface area (Å²) in [5, 5.41) is 8.16. The number of fused-ring (bicyclic) bond motifs is 1. The van der Waals surface area contributed by atoms with Crippen LogP contribution in [0.5, 0.6) is 0 Å². The van der Waals surface area contributed by atoms with E-state index in [2.05, 4.69) is 46.2 Å². The molecule has 2 aromatic rings. The summed E-state index contributed by atoms with van der Waals surface area (Å²) in [4.78, 5) is 4.64. The van der Waals surface area contributed by atoms with Crippen molar-refractivity contribution < 1.29 is 0 Å². The molecule has 0 radical (unpaired) electrons. The van der Waals surface area contributed by atoms with Gasteiger partial charge >= 0.3 is 0 Å². The van der Waals surface area contributed by atoms with Crippen LogP contribution in [-0.4, -0.2) is 11.5 Å². The van der Waals surface area contributed by atoms with Crippen molar-refractivity contribution in [1.82, 2.24) is 10.3 Å². The Morgan fingerprint density at radius 2 is 2.42 bits per heavy atom.